The van der Waals surface area contributed by atoms with Crippen molar-refractivity contribution in [2.24, 2.45) is 0 Å². The van der Waals surface area contributed by atoms with Crippen molar-refractivity contribution < 1.29 is 9.90 Å². The van der Waals surface area contributed by atoms with Crippen molar-refractivity contribution in [1.29, 1.82) is 0 Å². The molecule has 1 heterocycles. The minimum Gasteiger partial charge on any atom is -0.506 e. The van der Waals surface area contributed by atoms with Crippen LogP contribution in [0.15, 0.2) is 50.7 Å². The fourth-order valence-corrected chi connectivity index (χ4v) is 4.37. The van der Waals surface area contributed by atoms with E-state index in [-0.39, 0.29) is 11.7 Å². The molecule has 0 spiro atoms. The lowest BCUT2D eigenvalue weighted by Crippen LogP contribution is -2.17. The zero-order valence-electron chi connectivity index (χ0n) is 10.6. The lowest BCUT2D eigenvalue weighted by Gasteiger charge is -2.18. The third-order valence-electron chi connectivity index (χ3n) is 2.92. The van der Waals surface area contributed by atoms with E-state index in [1.54, 1.807) is 6.07 Å². The number of anilines is 1. The molecule has 2 aromatic carbocycles. The largest absolute Gasteiger partial charge is 0.506 e. The number of rotatable bonds is 1. The van der Waals surface area contributed by atoms with Gasteiger partial charge >= 0.3 is 0 Å². The summed E-state index contributed by atoms with van der Waals surface area (Å²) in [5, 5.41) is 12.6. The Bertz CT molecular complexity index is 753. The number of para-hydroxylation sites is 1. The first kappa shape index (κ1) is 14.9. The molecule has 0 saturated heterocycles. The van der Waals surface area contributed by atoms with Gasteiger partial charge in [-0.25, -0.2) is 0 Å². The number of hydrogen-bond donors (Lipinski definition) is 2. The minimum absolute atomic E-state index is 0.113. The van der Waals surface area contributed by atoms with E-state index in [4.69, 9.17) is 0 Å². The molecule has 3 rings (SSSR count). The third-order valence-corrected chi connectivity index (χ3v) is 5.44. The van der Waals surface area contributed by atoms with Crippen molar-refractivity contribution in [3.63, 3.8) is 0 Å². The normalized spacial score (nSPS) is 15.7. The molecule has 1 aliphatic rings. The van der Waals surface area contributed by atoms with Crippen LogP contribution >= 0.6 is 50.3 Å². The Kier molecular flexibility index (Phi) is 4.28. The van der Waals surface area contributed by atoms with E-state index in [0.717, 1.165) is 19.7 Å². The molecular formula is C15H9BrINO2S. The maximum Gasteiger partial charge on any atom is 0.262 e. The van der Waals surface area contributed by atoms with Crippen LogP contribution in [0, 0.1) is 3.57 Å². The van der Waals surface area contributed by atoms with Gasteiger partial charge in [0, 0.05) is 4.90 Å². The molecule has 0 unspecified atom stereocenters. The first-order chi connectivity index (χ1) is 10.0. The van der Waals surface area contributed by atoms with E-state index in [9.17, 15) is 9.90 Å². The highest BCUT2D eigenvalue weighted by Crippen LogP contribution is 2.39. The van der Waals surface area contributed by atoms with Gasteiger partial charge in [0.1, 0.15) is 5.75 Å². The molecule has 0 atom stereocenters. The number of benzene rings is 2. The number of halogens is 2. The van der Waals surface area contributed by atoms with Crippen LogP contribution in [0.4, 0.5) is 5.69 Å². The molecule has 0 bridgehead atoms. The molecule has 0 saturated carbocycles. The average molecular weight is 474 g/mol. The van der Waals surface area contributed by atoms with Crippen molar-refractivity contribution >= 4 is 68.0 Å². The number of phenolic OH excluding ortho intramolecular Hbond substituents is 1. The standard InChI is InChI=1S/C15H9BrINO2S/c16-9-5-8(6-10(17)14(9)19)7-13-15(20)18-11-3-1-2-4-12(11)21-13/h1-7,19H,(H,18,20)/b13-7-. The zero-order chi connectivity index (χ0) is 15.0. The Labute approximate surface area is 148 Å². The molecule has 0 aliphatic carbocycles. The lowest BCUT2D eigenvalue weighted by molar-refractivity contribution is -0.112. The predicted octanol–water partition coefficient (Wildman–Crippen LogP) is 4.84. The Morgan fingerprint density at radius 1 is 1.29 bits per heavy atom. The van der Waals surface area contributed by atoms with Gasteiger partial charge in [-0.05, 0) is 74.4 Å². The van der Waals surface area contributed by atoms with Gasteiger partial charge in [-0.3, -0.25) is 4.79 Å². The van der Waals surface area contributed by atoms with Crippen LogP contribution in [-0.2, 0) is 4.79 Å². The van der Waals surface area contributed by atoms with E-state index in [1.807, 2.05) is 36.4 Å². The summed E-state index contributed by atoms with van der Waals surface area (Å²) in [5.74, 6) is 0.0988. The fraction of sp³-hybridized carbons (Fsp3) is 0. The van der Waals surface area contributed by atoms with Gasteiger partial charge in [-0.2, -0.15) is 0 Å². The van der Waals surface area contributed by atoms with Crippen LogP contribution in [0.2, 0.25) is 0 Å². The van der Waals surface area contributed by atoms with Crippen LogP contribution in [0.5, 0.6) is 5.75 Å². The Balaban J connectivity index is 1.99. The van der Waals surface area contributed by atoms with E-state index < -0.39 is 0 Å². The second-order valence-corrected chi connectivity index (χ2v) is 7.49. The van der Waals surface area contributed by atoms with E-state index in [0.29, 0.717) is 9.38 Å². The molecule has 2 N–H and O–H groups in total. The van der Waals surface area contributed by atoms with Crippen LogP contribution < -0.4 is 5.32 Å². The second-order valence-electron chi connectivity index (χ2n) is 4.39. The highest BCUT2D eigenvalue weighted by molar-refractivity contribution is 14.1. The third kappa shape index (κ3) is 3.12. The number of carbonyl (C=O) groups excluding carboxylic acids is 1. The molecule has 106 valence electrons. The fourth-order valence-electron chi connectivity index (χ4n) is 1.92. The Hall–Kier alpha value is -0.990. The van der Waals surface area contributed by atoms with Crippen LogP contribution in [0.25, 0.3) is 6.08 Å². The van der Waals surface area contributed by atoms with E-state index >= 15 is 0 Å². The Morgan fingerprint density at radius 3 is 2.81 bits per heavy atom. The number of hydrogen-bond acceptors (Lipinski definition) is 3. The minimum atomic E-state index is -0.113. The van der Waals surface area contributed by atoms with Crippen molar-refractivity contribution in [2.45, 2.75) is 4.90 Å². The number of nitrogens with one attached hydrogen (secondary N) is 1. The monoisotopic (exact) mass is 473 g/mol. The molecule has 0 fully saturated rings. The molecule has 21 heavy (non-hydrogen) atoms. The zero-order valence-corrected chi connectivity index (χ0v) is 15.1. The summed E-state index contributed by atoms with van der Waals surface area (Å²) >= 11 is 6.81. The van der Waals surface area contributed by atoms with Crippen molar-refractivity contribution in [2.75, 3.05) is 5.32 Å². The van der Waals surface area contributed by atoms with Gasteiger partial charge in [0.2, 0.25) is 0 Å². The smallest absolute Gasteiger partial charge is 0.262 e. The molecule has 3 nitrogen and oxygen atoms in total. The molecule has 0 aromatic heterocycles. The van der Waals surface area contributed by atoms with Crippen molar-refractivity contribution in [3.8, 4) is 5.75 Å². The maximum atomic E-state index is 12.1. The molecule has 1 aliphatic heterocycles. The van der Waals surface area contributed by atoms with E-state index in [1.165, 1.54) is 11.8 Å². The van der Waals surface area contributed by atoms with Gasteiger partial charge < -0.3 is 10.4 Å². The van der Waals surface area contributed by atoms with Gasteiger partial charge in [0.05, 0.1) is 18.6 Å². The van der Waals surface area contributed by atoms with Gasteiger partial charge in [0.15, 0.2) is 0 Å². The first-order valence-electron chi connectivity index (χ1n) is 6.02. The van der Waals surface area contributed by atoms with Gasteiger partial charge in [0.25, 0.3) is 5.91 Å². The second kappa shape index (κ2) is 6.02. The highest BCUT2D eigenvalue weighted by atomic mass is 127. The summed E-state index contributed by atoms with van der Waals surface area (Å²) in [6.45, 7) is 0. The van der Waals surface area contributed by atoms with E-state index in [2.05, 4.69) is 43.8 Å². The number of amides is 1. The SMILES string of the molecule is O=C1Nc2ccccc2S/C1=C\c1cc(Br)c(O)c(I)c1. The predicted molar refractivity (Wildman–Crippen MR) is 97.4 cm³/mol. The molecular weight excluding hydrogens is 465 g/mol. The maximum absolute atomic E-state index is 12.1. The van der Waals surface area contributed by atoms with Crippen LogP contribution in [-0.4, -0.2) is 11.0 Å². The summed E-state index contributed by atoms with van der Waals surface area (Å²) in [4.78, 5) is 13.8. The average Bonchev–Trinajstić information content (AvgIpc) is 2.45. The molecule has 1 amide bonds. The van der Waals surface area contributed by atoms with Crippen LogP contribution in [0.3, 0.4) is 0 Å². The Morgan fingerprint density at radius 2 is 2.05 bits per heavy atom. The van der Waals surface area contributed by atoms with Crippen molar-refractivity contribution in [3.05, 3.63) is 54.9 Å². The number of aromatic hydroxyl groups is 1. The number of thioether (sulfide) groups is 1. The summed E-state index contributed by atoms with van der Waals surface area (Å²) in [5.41, 5.74) is 1.70. The van der Waals surface area contributed by atoms with Crippen molar-refractivity contribution in [1.82, 2.24) is 0 Å². The van der Waals surface area contributed by atoms with Gasteiger partial charge in [-0.15, -0.1) is 0 Å². The lowest BCUT2D eigenvalue weighted by atomic mass is 10.2. The summed E-state index contributed by atoms with van der Waals surface area (Å²) in [7, 11) is 0. The summed E-state index contributed by atoms with van der Waals surface area (Å²) in [6, 6.07) is 11.3. The van der Waals surface area contributed by atoms with Crippen LogP contribution in [0.1, 0.15) is 5.56 Å². The summed E-state index contributed by atoms with van der Waals surface area (Å²) < 4.78 is 1.35. The number of carbonyl (C=O) groups is 1. The number of fused-ring (bicyclic) bond motifs is 1. The number of phenols is 1. The highest BCUT2D eigenvalue weighted by Gasteiger charge is 2.20. The molecule has 0 radical (unpaired) electrons. The first-order valence-corrected chi connectivity index (χ1v) is 8.71. The topological polar surface area (TPSA) is 49.3 Å². The quantitative estimate of drug-likeness (QED) is 0.460. The molecule has 2 aromatic rings. The molecule has 6 heteroatoms. The summed E-state index contributed by atoms with van der Waals surface area (Å²) in [6.07, 6.45) is 1.82. The van der Waals surface area contributed by atoms with Gasteiger partial charge in [-0.1, -0.05) is 23.9 Å².